The smallest absolute Gasteiger partial charge is 0.358 e. The van der Waals surface area contributed by atoms with Gasteiger partial charge in [-0.1, -0.05) is 37.3 Å². The number of nitrogens with zero attached hydrogens (tertiary/aromatic N) is 3. The molecule has 0 aliphatic carbocycles. The summed E-state index contributed by atoms with van der Waals surface area (Å²) in [5.41, 5.74) is 0.702. The molecule has 8 heteroatoms. The summed E-state index contributed by atoms with van der Waals surface area (Å²) in [7, 11) is 1.59. The number of ether oxygens (including phenoxy) is 1. The van der Waals surface area contributed by atoms with Crippen molar-refractivity contribution in [3.63, 3.8) is 0 Å². The van der Waals surface area contributed by atoms with Crippen LogP contribution in [0.15, 0.2) is 30.5 Å². The topological polar surface area (TPSA) is 106 Å². The van der Waals surface area contributed by atoms with E-state index in [0.717, 1.165) is 12.0 Å². The number of carbonyl (C=O) groups is 2. The molecular weight excluding hydrogens is 324 g/mol. The Morgan fingerprint density at radius 2 is 2.04 bits per heavy atom. The van der Waals surface area contributed by atoms with Crippen LogP contribution in [0.1, 0.15) is 42.4 Å². The van der Waals surface area contributed by atoms with E-state index in [9.17, 15) is 9.59 Å². The maximum absolute atomic E-state index is 12.4. The number of aromatic nitrogens is 3. The van der Waals surface area contributed by atoms with Crippen LogP contribution in [0.2, 0.25) is 0 Å². The second kappa shape index (κ2) is 8.27. The van der Waals surface area contributed by atoms with Crippen molar-refractivity contribution < 1.29 is 19.4 Å². The van der Waals surface area contributed by atoms with E-state index >= 15 is 0 Å². The summed E-state index contributed by atoms with van der Waals surface area (Å²) in [6, 6.07) is 7.33. The molecule has 134 valence electrons. The number of carbonyl (C=O) groups excluding carboxylic acids is 1. The zero-order valence-corrected chi connectivity index (χ0v) is 14.5. The van der Waals surface area contributed by atoms with E-state index in [0.29, 0.717) is 11.7 Å². The van der Waals surface area contributed by atoms with Crippen molar-refractivity contribution in [2.24, 2.45) is 5.92 Å². The van der Waals surface area contributed by atoms with Crippen molar-refractivity contribution in [3.8, 4) is 5.75 Å². The highest BCUT2D eigenvalue weighted by Gasteiger charge is 2.20. The van der Waals surface area contributed by atoms with Gasteiger partial charge < -0.3 is 15.2 Å². The van der Waals surface area contributed by atoms with Crippen LogP contribution in [0.4, 0.5) is 0 Å². The van der Waals surface area contributed by atoms with Crippen molar-refractivity contribution in [2.45, 2.75) is 32.9 Å². The number of hydrogen-bond donors (Lipinski definition) is 2. The van der Waals surface area contributed by atoms with Gasteiger partial charge in [0.25, 0.3) is 0 Å². The molecule has 0 aliphatic heterocycles. The molecule has 0 fully saturated rings. The average Bonchev–Trinajstić information content (AvgIpc) is 3.02. The third kappa shape index (κ3) is 5.03. The lowest BCUT2D eigenvalue weighted by atomic mass is 9.96. The molecule has 1 unspecified atom stereocenters. The fourth-order valence-corrected chi connectivity index (χ4v) is 2.55. The first-order valence-electron chi connectivity index (χ1n) is 7.96. The minimum absolute atomic E-state index is 0.107. The van der Waals surface area contributed by atoms with E-state index < -0.39 is 5.97 Å². The van der Waals surface area contributed by atoms with Crippen molar-refractivity contribution in [2.75, 3.05) is 7.11 Å². The molecule has 2 aromatic rings. The zero-order valence-electron chi connectivity index (χ0n) is 14.5. The normalized spacial score (nSPS) is 12.0. The number of rotatable bonds is 8. The highest BCUT2D eigenvalue weighted by molar-refractivity contribution is 5.84. The van der Waals surface area contributed by atoms with Gasteiger partial charge in [-0.25, -0.2) is 9.48 Å². The summed E-state index contributed by atoms with van der Waals surface area (Å²) >= 11 is 0. The van der Waals surface area contributed by atoms with Crippen molar-refractivity contribution in [3.05, 3.63) is 41.7 Å². The van der Waals surface area contributed by atoms with E-state index in [1.165, 1.54) is 10.9 Å². The van der Waals surface area contributed by atoms with Crippen LogP contribution < -0.4 is 10.1 Å². The molecule has 0 bridgehead atoms. The zero-order chi connectivity index (χ0) is 18.4. The molecule has 0 aliphatic rings. The number of para-hydroxylation sites is 1. The Labute approximate surface area is 145 Å². The molecule has 0 spiro atoms. The van der Waals surface area contributed by atoms with E-state index in [4.69, 9.17) is 9.84 Å². The first-order valence-corrected chi connectivity index (χ1v) is 7.96. The number of carboxylic acid groups (broad SMARTS) is 1. The Morgan fingerprint density at radius 3 is 2.64 bits per heavy atom. The van der Waals surface area contributed by atoms with Crippen LogP contribution >= 0.6 is 0 Å². The van der Waals surface area contributed by atoms with Crippen molar-refractivity contribution in [1.29, 1.82) is 0 Å². The lowest BCUT2D eigenvalue weighted by Crippen LogP contribution is -2.32. The van der Waals surface area contributed by atoms with Crippen LogP contribution in [0, 0.1) is 5.92 Å². The minimum Gasteiger partial charge on any atom is -0.496 e. The minimum atomic E-state index is -1.18. The summed E-state index contributed by atoms with van der Waals surface area (Å²) < 4.78 is 6.60. The molecule has 1 amide bonds. The Bertz CT molecular complexity index is 742. The number of aromatic carboxylic acids is 1. The molecule has 1 heterocycles. The number of benzene rings is 1. The van der Waals surface area contributed by atoms with Gasteiger partial charge in [0.1, 0.15) is 12.3 Å². The molecule has 1 atom stereocenters. The SMILES string of the molecule is COc1ccccc1C(CC(C)C)NC(=O)Cn1cc(C(=O)O)nn1. The molecule has 2 rings (SSSR count). The molecule has 2 N–H and O–H groups in total. The van der Waals surface area contributed by atoms with E-state index in [-0.39, 0.29) is 24.2 Å². The lowest BCUT2D eigenvalue weighted by Gasteiger charge is -2.23. The molecule has 25 heavy (non-hydrogen) atoms. The average molecular weight is 346 g/mol. The van der Waals surface area contributed by atoms with Crippen LogP contribution in [0.25, 0.3) is 0 Å². The van der Waals surface area contributed by atoms with Gasteiger partial charge in [-0.05, 0) is 18.4 Å². The van der Waals surface area contributed by atoms with Gasteiger partial charge in [-0.2, -0.15) is 0 Å². The first kappa shape index (κ1) is 18.4. The summed E-state index contributed by atoms with van der Waals surface area (Å²) in [5.74, 6) is -0.390. The van der Waals surface area contributed by atoms with Crippen molar-refractivity contribution in [1.82, 2.24) is 20.3 Å². The molecule has 0 saturated carbocycles. The van der Waals surface area contributed by atoms with Gasteiger partial charge in [0.05, 0.1) is 19.3 Å². The number of nitrogens with one attached hydrogen (secondary N) is 1. The van der Waals surface area contributed by atoms with Crippen LogP contribution in [0.5, 0.6) is 5.75 Å². The standard InChI is InChI=1S/C17H22N4O4/c1-11(2)8-13(12-6-4-5-7-15(12)25-3)18-16(22)10-21-9-14(17(23)24)19-20-21/h4-7,9,11,13H,8,10H2,1-3H3,(H,18,22)(H,23,24). The monoisotopic (exact) mass is 346 g/mol. The van der Waals surface area contributed by atoms with E-state index in [2.05, 4.69) is 29.5 Å². The quantitative estimate of drug-likeness (QED) is 0.756. The Kier molecular flexibility index (Phi) is 6.10. The van der Waals surface area contributed by atoms with Crippen LogP contribution in [-0.4, -0.2) is 39.1 Å². The fourth-order valence-electron chi connectivity index (χ4n) is 2.55. The number of methoxy groups -OCH3 is 1. The van der Waals surface area contributed by atoms with E-state index in [1.807, 2.05) is 24.3 Å². The molecule has 1 aromatic heterocycles. The molecule has 0 saturated heterocycles. The first-order chi connectivity index (χ1) is 11.9. The molecule has 1 aromatic carbocycles. The Balaban J connectivity index is 2.12. The van der Waals surface area contributed by atoms with Crippen LogP contribution in [0.3, 0.4) is 0 Å². The largest absolute Gasteiger partial charge is 0.496 e. The predicted molar refractivity (Wildman–Crippen MR) is 90.3 cm³/mol. The fraction of sp³-hybridized carbons (Fsp3) is 0.412. The van der Waals surface area contributed by atoms with Gasteiger partial charge >= 0.3 is 5.97 Å². The maximum Gasteiger partial charge on any atom is 0.358 e. The van der Waals surface area contributed by atoms with Gasteiger partial charge in [0.2, 0.25) is 5.91 Å². The second-order valence-electron chi connectivity index (χ2n) is 6.10. The number of hydrogen-bond acceptors (Lipinski definition) is 5. The third-order valence-corrected chi connectivity index (χ3v) is 3.62. The Hall–Kier alpha value is -2.90. The number of carboxylic acids is 1. The summed E-state index contributed by atoms with van der Waals surface area (Å²) in [5, 5.41) is 19.0. The van der Waals surface area contributed by atoms with Gasteiger partial charge in [0.15, 0.2) is 5.69 Å². The second-order valence-corrected chi connectivity index (χ2v) is 6.10. The Morgan fingerprint density at radius 1 is 1.32 bits per heavy atom. The predicted octanol–water partition coefficient (Wildman–Crippen LogP) is 1.89. The van der Waals surface area contributed by atoms with E-state index in [1.54, 1.807) is 7.11 Å². The van der Waals surface area contributed by atoms with Gasteiger partial charge in [-0.15, -0.1) is 5.10 Å². The molecular formula is C17H22N4O4. The van der Waals surface area contributed by atoms with Gasteiger partial charge in [-0.3, -0.25) is 4.79 Å². The highest BCUT2D eigenvalue weighted by Crippen LogP contribution is 2.29. The highest BCUT2D eigenvalue weighted by atomic mass is 16.5. The van der Waals surface area contributed by atoms with Gasteiger partial charge in [0, 0.05) is 5.56 Å². The van der Waals surface area contributed by atoms with Crippen molar-refractivity contribution >= 4 is 11.9 Å². The molecule has 8 nitrogen and oxygen atoms in total. The summed E-state index contributed by atoms with van der Waals surface area (Å²) in [6.07, 6.45) is 1.96. The summed E-state index contributed by atoms with van der Waals surface area (Å²) in [6.45, 7) is 4.04. The third-order valence-electron chi connectivity index (χ3n) is 3.62. The lowest BCUT2D eigenvalue weighted by molar-refractivity contribution is -0.122. The summed E-state index contributed by atoms with van der Waals surface area (Å²) in [4.78, 5) is 23.2. The number of amides is 1. The molecule has 0 radical (unpaired) electrons. The van der Waals surface area contributed by atoms with Crippen LogP contribution in [-0.2, 0) is 11.3 Å². The maximum atomic E-state index is 12.4.